The SMILES string of the molecule is Cc1cccc(Nc2ccccc2Cl)n1. The summed E-state index contributed by atoms with van der Waals surface area (Å²) in [5, 5.41) is 3.87. The van der Waals surface area contributed by atoms with Crippen LogP contribution in [0.5, 0.6) is 0 Å². The molecule has 0 spiro atoms. The van der Waals surface area contributed by atoms with Crippen LogP contribution in [0.1, 0.15) is 5.69 Å². The Morgan fingerprint density at radius 3 is 2.60 bits per heavy atom. The Morgan fingerprint density at radius 2 is 1.87 bits per heavy atom. The molecular formula is C12H11ClN2. The molecule has 3 heteroatoms. The largest absolute Gasteiger partial charge is 0.339 e. The van der Waals surface area contributed by atoms with Crippen LogP contribution in [0, 0.1) is 6.92 Å². The number of nitrogens with zero attached hydrogens (tertiary/aromatic N) is 1. The number of pyridine rings is 1. The predicted molar refractivity (Wildman–Crippen MR) is 63.7 cm³/mol. The van der Waals surface area contributed by atoms with Crippen molar-refractivity contribution in [3.8, 4) is 0 Å². The van der Waals surface area contributed by atoms with Crippen LogP contribution in [0.3, 0.4) is 0 Å². The van der Waals surface area contributed by atoms with Gasteiger partial charge in [0.05, 0.1) is 10.7 Å². The van der Waals surface area contributed by atoms with Gasteiger partial charge in [-0.2, -0.15) is 0 Å². The van der Waals surface area contributed by atoms with E-state index in [4.69, 9.17) is 11.6 Å². The van der Waals surface area contributed by atoms with E-state index < -0.39 is 0 Å². The fourth-order valence-corrected chi connectivity index (χ4v) is 1.50. The highest BCUT2D eigenvalue weighted by molar-refractivity contribution is 6.33. The van der Waals surface area contributed by atoms with Crippen LogP contribution in [0.2, 0.25) is 5.02 Å². The van der Waals surface area contributed by atoms with Crippen LogP contribution in [0.25, 0.3) is 0 Å². The summed E-state index contributed by atoms with van der Waals surface area (Å²) in [5.41, 5.74) is 1.85. The summed E-state index contributed by atoms with van der Waals surface area (Å²) in [6.45, 7) is 1.96. The van der Waals surface area contributed by atoms with E-state index in [1.54, 1.807) is 0 Å². The molecule has 0 fully saturated rings. The van der Waals surface area contributed by atoms with Gasteiger partial charge in [-0.1, -0.05) is 29.8 Å². The second-order valence-electron chi connectivity index (χ2n) is 3.27. The minimum Gasteiger partial charge on any atom is -0.339 e. The van der Waals surface area contributed by atoms with Crippen LogP contribution in [0.4, 0.5) is 11.5 Å². The molecule has 0 aliphatic rings. The maximum absolute atomic E-state index is 6.02. The molecule has 1 aromatic heterocycles. The van der Waals surface area contributed by atoms with E-state index in [0.717, 1.165) is 17.2 Å². The molecule has 15 heavy (non-hydrogen) atoms. The lowest BCUT2D eigenvalue weighted by Crippen LogP contribution is -1.94. The standard InChI is InChI=1S/C12H11ClN2/c1-9-5-4-8-12(14-9)15-11-7-3-2-6-10(11)13/h2-8H,1H3,(H,14,15). The van der Waals surface area contributed by atoms with E-state index in [-0.39, 0.29) is 0 Å². The van der Waals surface area contributed by atoms with Crippen LogP contribution < -0.4 is 5.32 Å². The van der Waals surface area contributed by atoms with Gasteiger partial charge >= 0.3 is 0 Å². The molecule has 0 saturated heterocycles. The van der Waals surface area contributed by atoms with Gasteiger partial charge in [0.15, 0.2) is 0 Å². The van der Waals surface area contributed by atoms with E-state index in [1.807, 2.05) is 49.4 Å². The van der Waals surface area contributed by atoms with Crippen molar-refractivity contribution >= 4 is 23.1 Å². The molecular weight excluding hydrogens is 208 g/mol. The Morgan fingerprint density at radius 1 is 1.07 bits per heavy atom. The highest BCUT2D eigenvalue weighted by Crippen LogP contribution is 2.23. The fourth-order valence-electron chi connectivity index (χ4n) is 1.31. The number of hydrogen-bond acceptors (Lipinski definition) is 2. The van der Waals surface area contributed by atoms with E-state index >= 15 is 0 Å². The highest BCUT2D eigenvalue weighted by Gasteiger charge is 1.99. The Hall–Kier alpha value is -1.54. The summed E-state index contributed by atoms with van der Waals surface area (Å²) in [7, 11) is 0. The van der Waals surface area contributed by atoms with Crippen LogP contribution in [-0.4, -0.2) is 4.98 Å². The molecule has 1 N–H and O–H groups in total. The van der Waals surface area contributed by atoms with Gasteiger partial charge in [-0.25, -0.2) is 4.98 Å². The minimum absolute atomic E-state index is 0.695. The van der Waals surface area contributed by atoms with E-state index in [1.165, 1.54) is 0 Å². The lowest BCUT2D eigenvalue weighted by atomic mass is 10.3. The van der Waals surface area contributed by atoms with Crippen molar-refractivity contribution in [1.29, 1.82) is 0 Å². The van der Waals surface area contributed by atoms with Crippen molar-refractivity contribution in [3.63, 3.8) is 0 Å². The van der Waals surface area contributed by atoms with Crippen LogP contribution in [0.15, 0.2) is 42.5 Å². The average molecular weight is 219 g/mol. The van der Waals surface area contributed by atoms with Gasteiger partial charge in [0.2, 0.25) is 0 Å². The number of rotatable bonds is 2. The molecule has 0 atom stereocenters. The van der Waals surface area contributed by atoms with Crippen molar-refractivity contribution in [3.05, 3.63) is 53.2 Å². The zero-order valence-electron chi connectivity index (χ0n) is 8.37. The lowest BCUT2D eigenvalue weighted by molar-refractivity contribution is 1.20. The molecule has 0 bridgehead atoms. The first-order valence-corrected chi connectivity index (χ1v) is 5.09. The predicted octanol–water partition coefficient (Wildman–Crippen LogP) is 3.79. The smallest absolute Gasteiger partial charge is 0.130 e. The highest BCUT2D eigenvalue weighted by atomic mass is 35.5. The molecule has 0 aliphatic heterocycles. The summed E-state index contributed by atoms with van der Waals surface area (Å²) < 4.78 is 0. The quantitative estimate of drug-likeness (QED) is 0.830. The maximum atomic E-state index is 6.02. The van der Waals surface area contributed by atoms with Gasteiger partial charge in [-0.05, 0) is 31.2 Å². The van der Waals surface area contributed by atoms with E-state index in [2.05, 4.69) is 10.3 Å². The first-order valence-electron chi connectivity index (χ1n) is 4.71. The topological polar surface area (TPSA) is 24.9 Å². The van der Waals surface area contributed by atoms with Gasteiger partial charge in [0, 0.05) is 5.69 Å². The van der Waals surface area contributed by atoms with Gasteiger partial charge in [0.1, 0.15) is 5.82 Å². The molecule has 76 valence electrons. The third-order valence-corrected chi connectivity index (χ3v) is 2.35. The Bertz CT molecular complexity index is 469. The first kappa shape index (κ1) is 9.99. The minimum atomic E-state index is 0.695. The number of anilines is 2. The summed E-state index contributed by atoms with van der Waals surface area (Å²) in [6, 6.07) is 13.4. The summed E-state index contributed by atoms with van der Waals surface area (Å²) in [5.74, 6) is 0.808. The second kappa shape index (κ2) is 4.32. The number of nitrogens with one attached hydrogen (secondary N) is 1. The van der Waals surface area contributed by atoms with Gasteiger partial charge < -0.3 is 5.32 Å². The van der Waals surface area contributed by atoms with Gasteiger partial charge in [0.25, 0.3) is 0 Å². The fraction of sp³-hybridized carbons (Fsp3) is 0.0833. The molecule has 0 saturated carbocycles. The summed E-state index contributed by atoms with van der Waals surface area (Å²) >= 11 is 6.02. The molecule has 1 heterocycles. The Kier molecular flexibility index (Phi) is 2.88. The number of aromatic nitrogens is 1. The third-order valence-electron chi connectivity index (χ3n) is 2.02. The number of hydrogen-bond donors (Lipinski definition) is 1. The number of halogens is 1. The van der Waals surface area contributed by atoms with Crippen LogP contribution in [-0.2, 0) is 0 Å². The summed E-state index contributed by atoms with van der Waals surface area (Å²) in [4.78, 5) is 4.34. The number of para-hydroxylation sites is 1. The van der Waals surface area contributed by atoms with Crippen molar-refractivity contribution in [2.24, 2.45) is 0 Å². The maximum Gasteiger partial charge on any atom is 0.130 e. The van der Waals surface area contributed by atoms with Crippen molar-refractivity contribution in [1.82, 2.24) is 4.98 Å². The summed E-state index contributed by atoms with van der Waals surface area (Å²) in [6.07, 6.45) is 0. The normalized spacial score (nSPS) is 10.0. The monoisotopic (exact) mass is 218 g/mol. The van der Waals surface area contributed by atoms with Crippen molar-refractivity contribution in [2.75, 3.05) is 5.32 Å². The molecule has 2 aromatic rings. The molecule has 0 aliphatic carbocycles. The third kappa shape index (κ3) is 2.48. The zero-order valence-corrected chi connectivity index (χ0v) is 9.12. The molecule has 2 nitrogen and oxygen atoms in total. The second-order valence-corrected chi connectivity index (χ2v) is 3.68. The molecule has 0 radical (unpaired) electrons. The zero-order chi connectivity index (χ0) is 10.7. The molecule has 0 amide bonds. The van der Waals surface area contributed by atoms with Crippen molar-refractivity contribution < 1.29 is 0 Å². The van der Waals surface area contributed by atoms with Crippen molar-refractivity contribution in [2.45, 2.75) is 6.92 Å². The molecule has 2 rings (SSSR count). The van der Waals surface area contributed by atoms with Gasteiger partial charge in [-0.3, -0.25) is 0 Å². The van der Waals surface area contributed by atoms with E-state index in [9.17, 15) is 0 Å². The average Bonchev–Trinajstić information content (AvgIpc) is 2.22. The molecule has 1 aromatic carbocycles. The Balaban J connectivity index is 2.26. The lowest BCUT2D eigenvalue weighted by Gasteiger charge is -2.07. The first-order chi connectivity index (χ1) is 7.25. The molecule has 0 unspecified atom stereocenters. The van der Waals surface area contributed by atoms with Crippen LogP contribution >= 0.6 is 11.6 Å². The van der Waals surface area contributed by atoms with Gasteiger partial charge in [-0.15, -0.1) is 0 Å². The number of benzene rings is 1. The van der Waals surface area contributed by atoms with E-state index in [0.29, 0.717) is 5.02 Å². The number of aryl methyl sites for hydroxylation is 1. The Labute approximate surface area is 93.9 Å².